The van der Waals surface area contributed by atoms with Gasteiger partial charge in [0, 0.05) is 13.3 Å². The number of esters is 1. The minimum absolute atomic E-state index is 0.211. The van der Waals surface area contributed by atoms with Crippen LogP contribution in [0.25, 0.3) is 11.2 Å². The van der Waals surface area contributed by atoms with Gasteiger partial charge in [-0.15, -0.1) is 0 Å². The molecule has 0 saturated heterocycles. The maximum absolute atomic E-state index is 11.0. The molecule has 4 atom stereocenters. The standard InChI is InChI=1S/C12H13ClN4O4/c1-5(18)21-7-2-6(9(19)10(7)20)17-4-16-8-11(13)14-3-15-12(8)17/h3-4,6-7,9-10,19-20H,2H2,1H3/t6-,7+,9+,10-/m1/s1. The van der Waals surface area contributed by atoms with Crippen LogP contribution < -0.4 is 0 Å². The van der Waals surface area contributed by atoms with Gasteiger partial charge in [0.05, 0.1) is 12.4 Å². The molecule has 1 saturated carbocycles. The molecule has 0 spiro atoms. The molecule has 0 aliphatic heterocycles. The van der Waals surface area contributed by atoms with Gasteiger partial charge in [0.15, 0.2) is 10.8 Å². The zero-order valence-electron chi connectivity index (χ0n) is 11.0. The van der Waals surface area contributed by atoms with Crippen molar-refractivity contribution < 1.29 is 19.7 Å². The monoisotopic (exact) mass is 312 g/mol. The highest BCUT2D eigenvalue weighted by Crippen LogP contribution is 2.35. The van der Waals surface area contributed by atoms with E-state index in [9.17, 15) is 15.0 Å². The third-order valence-electron chi connectivity index (χ3n) is 3.59. The van der Waals surface area contributed by atoms with E-state index in [2.05, 4.69) is 15.0 Å². The molecule has 9 heteroatoms. The number of rotatable bonds is 2. The first-order valence-electron chi connectivity index (χ1n) is 6.35. The summed E-state index contributed by atoms with van der Waals surface area (Å²) in [5.41, 5.74) is 0.867. The Morgan fingerprint density at radius 2 is 2.14 bits per heavy atom. The summed E-state index contributed by atoms with van der Waals surface area (Å²) in [5.74, 6) is -0.507. The molecule has 112 valence electrons. The van der Waals surface area contributed by atoms with Crippen LogP contribution >= 0.6 is 11.6 Å². The van der Waals surface area contributed by atoms with Gasteiger partial charge in [0.25, 0.3) is 0 Å². The summed E-state index contributed by atoms with van der Waals surface area (Å²) in [6, 6.07) is -0.514. The van der Waals surface area contributed by atoms with Gasteiger partial charge in [-0.05, 0) is 0 Å². The minimum atomic E-state index is -1.16. The van der Waals surface area contributed by atoms with E-state index in [-0.39, 0.29) is 11.6 Å². The molecule has 0 bridgehead atoms. The van der Waals surface area contributed by atoms with Crippen LogP contribution in [0.1, 0.15) is 19.4 Å². The topological polar surface area (TPSA) is 110 Å². The van der Waals surface area contributed by atoms with Crippen molar-refractivity contribution in [2.45, 2.75) is 37.7 Å². The van der Waals surface area contributed by atoms with Gasteiger partial charge < -0.3 is 19.5 Å². The van der Waals surface area contributed by atoms with Crippen LogP contribution in [0.15, 0.2) is 12.7 Å². The van der Waals surface area contributed by atoms with Crippen molar-refractivity contribution in [1.82, 2.24) is 19.5 Å². The summed E-state index contributed by atoms with van der Waals surface area (Å²) >= 11 is 5.93. The molecule has 0 radical (unpaired) electrons. The van der Waals surface area contributed by atoms with Gasteiger partial charge in [0.2, 0.25) is 0 Å². The minimum Gasteiger partial charge on any atom is -0.460 e. The Balaban J connectivity index is 1.96. The SMILES string of the molecule is CC(=O)O[C@H]1C[C@@H](n2cnc3c(Cl)ncnc32)[C@H](O)[C@@H]1O. The van der Waals surface area contributed by atoms with Crippen LogP contribution in [0.5, 0.6) is 0 Å². The molecule has 8 nitrogen and oxygen atoms in total. The zero-order valence-corrected chi connectivity index (χ0v) is 11.8. The average Bonchev–Trinajstić information content (AvgIpc) is 2.96. The van der Waals surface area contributed by atoms with Crippen molar-refractivity contribution in [1.29, 1.82) is 0 Å². The fourth-order valence-corrected chi connectivity index (χ4v) is 2.82. The van der Waals surface area contributed by atoms with E-state index in [1.54, 1.807) is 4.57 Å². The van der Waals surface area contributed by atoms with Gasteiger partial charge in [-0.25, -0.2) is 15.0 Å². The zero-order chi connectivity index (χ0) is 15.1. The molecular formula is C12H13ClN4O4. The number of carbonyl (C=O) groups excluding carboxylic acids is 1. The Morgan fingerprint density at radius 3 is 2.86 bits per heavy atom. The highest BCUT2D eigenvalue weighted by Gasteiger charge is 2.44. The second-order valence-corrected chi connectivity index (χ2v) is 5.28. The van der Waals surface area contributed by atoms with E-state index in [1.165, 1.54) is 19.6 Å². The van der Waals surface area contributed by atoms with Crippen molar-refractivity contribution in [3.63, 3.8) is 0 Å². The van der Waals surface area contributed by atoms with Gasteiger partial charge in [-0.1, -0.05) is 11.6 Å². The van der Waals surface area contributed by atoms with Crippen LogP contribution in [0.4, 0.5) is 0 Å². The van der Waals surface area contributed by atoms with Crippen LogP contribution in [0.3, 0.4) is 0 Å². The maximum atomic E-state index is 11.0. The smallest absolute Gasteiger partial charge is 0.302 e. The van der Waals surface area contributed by atoms with E-state index >= 15 is 0 Å². The Hall–Kier alpha value is -1.77. The fourth-order valence-electron chi connectivity index (χ4n) is 2.64. The molecule has 2 heterocycles. The van der Waals surface area contributed by atoms with Crippen molar-refractivity contribution in [3.05, 3.63) is 17.8 Å². The molecule has 21 heavy (non-hydrogen) atoms. The van der Waals surface area contributed by atoms with Crippen LogP contribution in [-0.4, -0.2) is 54.0 Å². The summed E-state index contributed by atoms with van der Waals surface area (Å²) in [7, 11) is 0. The maximum Gasteiger partial charge on any atom is 0.302 e. The number of aromatic nitrogens is 4. The number of ether oxygens (including phenoxy) is 1. The molecular weight excluding hydrogens is 300 g/mol. The lowest BCUT2D eigenvalue weighted by molar-refractivity contribution is -0.152. The van der Waals surface area contributed by atoms with E-state index in [0.717, 1.165) is 0 Å². The number of fused-ring (bicyclic) bond motifs is 1. The normalized spacial score (nSPS) is 29.0. The summed E-state index contributed by atoms with van der Waals surface area (Å²) in [5, 5.41) is 20.4. The molecule has 0 aromatic carbocycles. The number of nitrogens with zero attached hydrogens (tertiary/aromatic N) is 4. The van der Waals surface area contributed by atoms with E-state index in [1.807, 2.05) is 0 Å². The van der Waals surface area contributed by atoms with Crippen LogP contribution in [-0.2, 0) is 9.53 Å². The van der Waals surface area contributed by atoms with Gasteiger partial charge >= 0.3 is 5.97 Å². The quantitative estimate of drug-likeness (QED) is 0.596. The molecule has 2 aromatic heterocycles. The molecule has 0 unspecified atom stereocenters. The number of hydrogen-bond acceptors (Lipinski definition) is 7. The highest BCUT2D eigenvalue weighted by atomic mass is 35.5. The van der Waals surface area contributed by atoms with E-state index in [0.29, 0.717) is 11.2 Å². The van der Waals surface area contributed by atoms with Crippen LogP contribution in [0, 0.1) is 0 Å². The van der Waals surface area contributed by atoms with E-state index in [4.69, 9.17) is 16.3 Å². The number of aliphatic hydroxyl groups excluding tert-OH is 2. The van der Waals surface area contributed by atoms with Crippen molar-refractivity contribution in [2.24, 2.45) is 0 Å². The predicted molar refractivity (Wildman–Crippen MR) is 71.6 cm³/mol. The van der Waals surface area contributed by atoms with Crippen molar-refractivity contribution in [3.8, 4) is 0 Å². The summed E-state index contributed by atoms with van der Waals surface area (Å²) in [4.78, 5) is 23.1. The number of halogens is 1. The fraction of sp³-hybridized carbons (Fsp3) is 0.500. The third kappa shape index (κ3) is 2.35. The molecule has 0 amide bonds. The first-order chi connectivity index (χ1) is 9.99. The molecule has 1 aliphatic carbocycles. The average molecular weight is 313 g/mol. The molecule has 3 rings (SSSR count). The Labute approximate surface area is 124 Å². The molecule has 2 aromatic rings. The lowest BCUT2D eigenvalue weighted by Gasteiger charge is -2.17. The van der Waals surface area contributed by atoms with Crippen LogP contribution in [0.2, 0.25) is 5.15 Å². The Morgan fingerprint density at radius 1 is 1.38 bits per heavy atom. The predicted octanol–water partition coefficient (Wildman–Crippen LogP) is 0.0780. The number of carbonyl (C=O) groups is 1. The van der Waals surface area contributed by atoms with E-state index < -0.39 is 30.3 Å². The molecule has 2 N–H and O–H groups in total. The summed E-state index contributed by atoms with van der Waals surface area (Å²) in [6.45, 7) is 1.26. The van der Waals surface area contributed by atoms with Gasteiger partial charge in [0.1, 0.15) is 30.2 Å². The lowest BCUT2D eigenvalue weighted by atomic mass is 10.2. The summed E-state index contributed by atoms with van der Waals surface area (Å²) in [6.07, 6.45) is 0.00706. The first-order valence-corrected chi connectivity index (χ1v) is 6.73. The van der Waals surface area contributed by atoms with Gasteiger partial charge in [-0.2, -0.15) is 0 Å². The molecule has 1 fully saturated rings. The second-order valence-electron chi connectivity index (χ2n) is 4.92. The Bertz CT molecular complexity index is 691. The second kappa shape index (κ2) is 5.21. The van der Waals surface area contributed by atoms with Crippen molar-refractivity contribution in [2.75, 3.05) is 0 Å². The number of aliphatic hydroxyl groups is 2. The largest absolute Gasteiger partial charge is 0.460 e. The van der Waals surface area contributed by atoms with Gasteiger partial charge in [-0.3, -0.25) is 4.79 Å². The number of imidazole rings is 1. The number of hydrogen-bond donors (Lipinski definition) is 2. The lowest BCUT2D eigenvalue weighted by Crippen LogP contribution is -2.33. The molecule has 1 aliphatic rings. The summed E-state index contributed by atoms with van der Waals surface area (Å²) < 4.78 is 6.63. The Kier molecular flexibility index (Phi) is 3.52. The first kappa shape index (κ1) is 14.2. The van der Waals surface area contributed by atoms with Crippen molar-refractivity contribution >= 4 is 28.7 Å². The third-order valence-corrected chi connectivity index (χ3v) is 3.86. The highest BCUT2D eigenvalue weighted by molar-refractivity contribution is 6.33.